The Bertz CT molecular complexity index is 1580. The van der Waals surface area contributed by atoms with Crippen LogP contribution >= 0.6 is 0 Å². The maximum absolute atomic E-state index is 13.6. The minimum absolute atomic E-state index is 0.00761. The fourth-order valence-electron chi connectivity index (χ4n) is 8.69. The van der Waals surface area contributed by atoms with Gasteiger partial charge in [0.1, 0.15) is 5.75 Å². The van der Waals surface area contributed by atoms with Crippen molar-refractivity contribution < 1.29 is 14.3 Å². The molecule has 2 heterocycles. The fourth-order valence-corrected chi connectivity index (χ4v) is 8.69. The minimum Gasteiger partial charge on any atom is -0.492 e. The number of carbonyl (C=O) groups is 2. The SMILES string of the molecule is CCOc1cncc(C#Cc2ccccc2C(=O)N2CCN(c3ccc(C(=O)NCC45CC6CC(CC(C6)C4)C5)cc3)CC2)c1. The first-order valence-corrected chi connectivity index (χ1v) is 16.6. The predicted octanol–water partition coefficient (Wildman–Crippen LogP) is 5.79. The van der Waals surface area contributed by atoms with E-state index >= 15 is 0 Å². The van der Waals surface area contributed by atoms with Crippen molar-refractivity contribution in [3.8, 4) is 17.6 Å². The highest BCUT2D eigenvalue weighted by atomic mass is 16.5. The topological polar surface area (TPSA) is 74.8 Å². The number of hydrogen-bond acceptors (Lipinski definition) is 5. The third-order valence-electron chi connectivity index (χ3n) is 10.4. The summed E-state index contributed by atoms with van der Waals surface area (Å²) in [5, 5.41) is 3.30. The van der Waals surface area contributed by atoms with E-state index < -0.39 is 0 Å². The normalized spacial score (nSPS) is 25.0. The van der Waals surface area contributed by atoms with Crippen LogP contribution in [0.15, 0.2) is 67.0 Å². The van der Waals surface area contributed by atoms with Crippen LogP contribution in [0.25, 0.3) is 0 Å². The molecule has 2 amide bonds. The molecule has 0 unspecified atom stereocenters. The first-order valence-electron chi connectivity index (χ1n) is 16.6. The molecule has 232 valence electrons. The Morgan fingerprint density at radius 3 is 2.29 bits per heavy atom. The van der Waals surface area contributed by atoms with Crippen molar-refractivity contribution in [1.82, 2.24) is 15.2 Å². The molecule has 0 spiro atoms. The number of nitrogens with one attached hydrogen (secondary N) is 1. The number of pyridine rings is 1. The Morgan fingerprint density at radius 1 is 0.911 bits per heavy atom. The summed E-state index contributed by atoms with van der Waals surface area (Å²) in [5.74, 6) is 9.68. The second kappa shape index (κ2) is 12.6. The third-order valence-corrected chi connectivity index (χ3v) is 10.4. The zero-order chi connectivity index (χ0) is 30.8. The summed E-state index contributed by atoms with van der Waals surface area (Å²) < 4.78 is 5.53. The maximum Gasteiger partial charge on any atom is 0.255 e. The maximum atomic E-state index is 13.6. The molecule has 7 heteroatoms. The molecule has 1 saturated heterocycles. The smallest absolute Gasteiger partial charge is 0.255 e. The molecule has 1 aromatic heterocycles. The number of nitrogens with zero attached hydrogens (tertiary/aromatic N) is 3. The van der Waals surface area contributed by atoms with E-state index in [4.69, 9.17) is 4.74 Å². The van der Waals surface area contributed by atoms with Gasteiger partial charge in [0.05, 0.1) is 18.4 Å². The summed E-state index contributed by atoms with van der Waals surface area (Å²) in [4.78, 5) is 35.0. The van der Waals surface area contributed by atoms with Gasteiger partial charge in [0.2, 0.25) is 0 Å². The molecule has 5 fully saturated rings. The molecule has 4 bridgehead atoms. The van der Waals surface area contributed by atoms with Crippen molar-refractivity contribution >= 4 is 17.5 Å². The second-order valence-corrected chi connectivity index (χ2v) is 13.6. The summed E-state index contributed by atoms with van der Waals surface area (Å²) in [7, 11) is 0. The molecule has 8 rings (SSSR count). The molecule has 1 aliphatic heterocycles. The predicted molar refractivity (Wildman–Crippen MR) is 175 cm³/mol. The van der Waals surface area contributed by atoms with Crippen molar-refractivity contribution in [2.75, 3.05) is 44.2 Å². The highest BCUT2D eigenvalue weighted by Crippen LogP contribution is 2.59. The first-order chi connectivity index (χ1) is 22.0. The largest absolute Gasteiger partial charge is 0.492 e. The Morgan fingerprint density at radius 2 is 1.60 bits per heavy atom. The molecule has 4 saturated carbocycles. The van der Waals surface area contributed by atoms with E-state index in [9.17, 15) is 9.59 Å². The van der Waals surface area contributed by atoms with Crippen LogP contribution in [0, 0.1) is 35.0 Å². The average molecular weight is 603 g/mol. The van der Waals surface area contributed by atoms with Crippen molar-refractivity contribution in [2.45, 2.75) is 45.4 Å². The standard InChI is InChI=1S/C38H42N4O3/c1-2-45-34-20-27(24-39-25-34)7-8-31-5-3-4-6-35(31)37(44)42-15-13-41(14-16-42)33-11-9-32(10-12-33)36(43)40-26-38-21-28-17-29(22-38)19-30(18-28)23-38/h3-6,9-12,20,24-25,28-30H,2,13-19,21-23,26H2,1H3,(H,40,43). The van der Waals surface area contributed by atoms with Crippen molar-refractivity contribution in [3.63, 3.8) is 0 Å². The Balaban J connectivity index is 0.936. The van der Waals surface area contributed by atoms with E-state index in [1.165, 1.54) is 38.5 Å². The van der Waals surface area contributed by atoms with Gasteiger partial charge in [0.15, 0.2) is 0 Å². The number of hydrogen-bond donors (Lipinski definition) is 1. The molecule has 7 nitrogen and oxygen atoms in total. The van der Waals surface area contributed by atoms with Crippen LogP contribution in [0.2, 0.25) is 0 Å². The molecule has 0 atom stereocenters. The van der Waals surface area contributed by atoms with E-state index in [0.29, 0.717) is 42.0 Å². The molecular weight excluding hydrogens is 560 g/mol. The molecular formula is C38H42N4O3. The molecule has 3 aromatic rings. The molecule has 5 aliphatic rings. The lowest BCUT2D eigenvalue weighted by Crippen LogP contribution is -2.51. The number of benzene rings is 2. The van der Waals surface area contributed by atoms with E-state index in [2.05, 4.69) is 27.0 Å². The lowest BCUT2D eigenvalue weighted by Gasteiger charge is -2.56. The Labute approximate surface area is 266 Å². The van der Waals surface area contributed by atoms with Crippen molar-refractivity contribution in [2.24, 2.45) is 23.2 Å². The van der Waals surface area contributed by atoms with Crippen LogP contribution < -0.4 is 15.0 Å². The summed E-state index contributed by atoms with van der Waals surface area (Å²) in [6.07, 6.45) is 11.5. The Kier molecular flexibility index (Phi) is 8.23. The lowest BCUT2D eigenvalue weighted by molar-refractivity contribution is -0.0503. The lowest BCUT2D eigenvalue weighted by atomic mass is 9.49. The highest BCUT2D eigenvalue weighted by molar-refractivity contribution is 5.97. The average Bonchev–Trinajstić information content (AvgIpc) is 3.06. The first kappa shape index (κ1) is 29.4. The van der Waals surface area contributed by atoms with Gasteiger partial charge in [0, 0.05) is 61.3 Å². The number of amides is 2. The van der Waals surface area contributed by atoms with Crippen LogP contribution in [-0.2, 0) is 0 Å². The summed E-state index contributed by atoms with van der Waals surface area (Å²) in [5.41, 5.74) is 4.18. The zero-order valence-electron chi connectivity index (χ0n) is 26.1. The molecule has 4 aliphatic carbocycles. The number of rotatable bonds is 7. The van der Waals surface area contributed by atoms with Gasteiger partial charge in [-0.3, -0.25) is 14.6 Å². The third kappa shape index (κ3) is 6.42. The fraction of sp³-hybridized carbons (Fsp3) is 0.447. The number of carbonyl (C=O) groups excluding carboxylic acids is 2. The zero-order valence-corrected chi connectivity index (χ0v) is 26.1. The van der Waals surface area contributed by atoms with Gasteiger partial charge in [-0.05, 0) is 111 Å². The molecule has 2 aromatic carbocycles. The van der Waals surface area contributed by atoms with Crippen LogP contribution in [0.1, 0.15) is 77.3 Å². The monoisotopic (exact) mass is 602 g/mol. The second-order valence-electron chi connectivity index (χ2n) is 13.6. The van der Waals surface area contributed by atoms with E-state index in [1.54, 1.807) is 12.4 Å². The van der Waals surface area contributed by atoms with Gasteiger partial charge in [-0.2, -0.15) is 0 Å². The van der Waals surface area contributed by atoms with Crippen LogP contribution in [0.3, 0.4) is 0 Å². The van der Waals surface area contributed by atoms with Gasteiger partial charge < -0.3 is 19.9 Å². The van der Waals surface area contributed by atoms with Crippen LogP contribution in [0.5, 0.6) is 5.75 Å². The highest BCUT2D eigenvalue weighted by Gasteiger charge is 2.50. The van der Waals surface area contributed by atoms with Gasteiger partial charge >= 0.3 is 0 Å². The Hall–Kier alpha value is -4.31. The quantitative estimate of drug-likeness (QED) is 0.347. The van der Waals surface area contributed by atoms with Gasteiger partial charge in [-0.25, -0.2) is 0 Å². The van der Waals surface area contributed by atoms with E-state index in [1.807, 2.05) is 66.4 Å². The summed E-state index contributed by atoms with van der Waals surface area (Å²) in [6.45, 7) is 6.01. The van der Waals surface area contributed by atoms with E-state index in [-0.39, 0.29) is 11.8 Å². The molecule has 0 radical (unpaired) electrons. The van der Waals surface area contributed by atoms with Crippen LogP contribution in [0.4, 0.5) is 5.69 Å². The number of piperazine rings is 1. The van der Waals surface area contributed by atoms with Gasteiger partial charge in [-0.15, -0.1) is 0 Å². The van der Waals surface area contributed by atoms with Gasteiger partial charge in [0.25, 0.3) is 11.8 Å². The summed E-state index contributed by atoms with van der Waals surface area (Å²) >= 11 is 0. The number of ether oxygens (including phenoxy) is 1. The van der Waals surface area contributed by atoms with Crippen LogP contribution in [-0.4, -0.2) is 61.0 Å². The number of aromatic nitrogens is 1. The van der Waals surface area contributed by atoms with E-state index in [0.717, 1.165) is 54.2 Å². The summed E-state index contributed by atoms with van der Waals surface area (Å²) in [6, 6.07) is 17.3. The molecule has 1 N–H and O–H groups in total. The van der Waals surface area contributed by atoms with Crippen molar-refractivity contribution in [1.29, 1.82) is 0 Å². The van der Waals surface area contributed by atoms with Gasteiger partial charge in [-0.1, -0.05) is 24.0 Å². The minimum atomic E-state index is -0.00761. The number of anilines is 1. The van der Waals surface area contributed by atoms with Crippen molar-refractivity contribution in [3.05, 3.63) is 89.2 Å². The molecule has 45 heavy (non-hydrogen) atoms.